The number of aromatic amines is 1. The van der Waals surface area contributed by atoms with Crippen molar-refractivity contribution in [2.45, 2.75) is 38.5 Å². The molecule has 3 rings (SSSR count). The van der Waals surface area contributed by atoms with E-state index in [9.17, 15) is 4.79 Å². The van der Waals surface area contributed by atoms with Crippen LogP contribution in [0.15, 0.2) is 15.3 Å². The van der Waals surface area contributed by atoms with E-state index < -0.39 is 0 Å². The molecule has 2 aromatic rings. The van der Waals surface area contributed by atoms with Gasteiger partial charge in [0.05, 0.1) is 10.6 Å². The van der Waals surface area contributed by atoms with Gasteiger partial charge < -0.3 is 4.98 Å². The monoisotopic (exact) mass is 464 g/mol. The summed E-state index contributed by atoms with van der Waals surface area (Å²) in [5, 5.41) is 0. The Kier molecular flexibility index (Phi) is 4.33. The minimum atomic E-state index is -0.0142. The molecule has 1 aliphatic rings. The Bertz CT molecular complexity index is 684. The molecule has 0 aliphatic heterocycles. The molecule has 6 heteroatoms. The van der Waals surface area contributed by atoms with Crippen LogP contribution in [0.4, 0.5) is 0 Å². The van der Waals surface area contributed by atoms with Crippen molar-refractivity contribution in [2.24, 2.45) is 0 Å². The van der Waals surface area contributed by atoms with Crippen LogP contribution in [-0.4, -0.2) is 9.97 Å². The second-order valence-electron chi connectivity index (χ2n) is 5.11. The van der Waals surface area contributed by atoms with E-state index in [1.54, 1.807) is 11.3 Å². The minimum Gasteiger partial charge on any atom is -0.305 e. The van der Waals surface area contributed by atoms with E-state index in [1.165, 1.54) is 17.7 Å². The number of nitrogens with one attached hydrogen (secondary N) is 1. The Morgan fingerprint density at radius 2 is 2.15 bits per heavy atom. The van der Waals surface area contributed by atoms with Gasteiger partial charge in [-0.25, -0.2) is 4.98 Å². The molecule has 2 aromatic heterocycles. The summed E-state index contributed by atoms with van der Waals surface area (Å²) in [6, 6.07) is 2.03. The van der Waals surface area contributed by atoms with Crippen molar-refractivity contribution in [2.75, 3.05) is 0 Å². The molecule has 0 radical (unpaired) electrons. The average Bonchev–Trinajstić information content (AvgIpc) is 3.04. The maximum absolute atomic E-state index is 12.2. The maximum atomic E-state index is 12.2. The van der Waals surface area contributed by atoms with E-state index in [-0.39, 0.29) is 5.56 Å². The van der Waals surface area contributed by atoms with Crippen molar-refractivity contribution in [3.63, 3.8) is 0 Å². The molecule has 20 heavy (non-hydrogen) atoms. The largest absolute Gasteiger partial charge is 0.305 e. The summed E-state index contributed by atoms with van der Waals surface area (Å²) in [5.41, 5.74) is 0.976. The number of thiophene rings is 1. The van der Waals surface area contributed by atoms with E-state index in [4.69, 9.17) is 4.98 Å². The van der Waals surface area contributed by atoms with E-state index in [0.717, 1.165) is 31.5 Å². The predicted octanol–water partition coefficient (Wildman–Crippen LogP) is 4.83. The number of rotatable bonds is 2. The van der Waals surface area contributed by atoms with Crippen LogP contribution in [0.3, 0.4) is 0 Å². The number of hydrogen-bond donors (Lipinski definition) is 1. The van der Waals surface area contributed by atoms with Gasteiger partial charge in [0.1, 0.15) is 3.57 Å². The van der Waals surface area contributed by atoms with Crippen LogP contribution < -0.4 is 5.56 Å². The van der Waals surface area contributed by atoms with Crippen molar-refractivity contribution in [3.05, 3.63) is 35.0 Å². The molecular weight excluding hydrogens is 451 g/mol. The summed E-state index contributed by atoms with van der Waals surface area (Å²) in [6.45, 7) is 2.06. The molecule has 0 atom stereocenters. The van der Waals surface area contributed by atoms with Gasteiger partial charge in [0.15, 0.2) is 5.82 Å². The summed E-state index contributed by atoms with van der Waals surface area (Å²) < 4.78 is 1.83. The third kappa shape index (κ3) is 2.74. The van der Waals surface area contributed by atoms with Gasteiger partial charge in [-0.2, -0.15) is 0 Å². The smallest absolute Gasteiger partial charge is 0.264 e. The number of H-pyrrole nitrogens is 1. The Hall–Kier alpha value is -0.210. The first-order valence-corrected chi connectivity index (χ1v) is 9.31. The molecule has 0 saturated heterocycles. The third-order valence-corrected chi connectivity index (χ3v) is 6.91. The van der Waals surface area contributed by atoms with Crippen LogP contribution in [0, 0.1) is 10.5 Å². The van der Waals surface area contributed by atoms with E-state index in [2.05, 4.69) is 50.4 Å². The first-order chi connectivity index (χ1) is 9.56. The van der Waals surface area contributed by atoms with Crippen LogP contribution in [0.5, 0.6) is 0 Å². The van der Waals surface area contributed by atoms with Gasteiger partial charge in [0.25, 0.3) is 5.56 Å². The highest BCUT2D eigenvalue weighted by molar-refractivity contribution is 14.1. The van der Waals surface area contributed by atoms with E-state index >= 15 is 0 Å². The summed E-state index contributed by atoms with van der Waals surface area (Å²) in [5.74, 6) is 1.16. The highest BCUT2D eigenvalue weighted by Gasteiger charge is 2.23. The highest BCUT2D eigenvalue weighted by atomic mass is 127. The fourth-order valence-corrected chi connectivity index (χ4v) is 4.81. The lowest BCUT2D eigenvalue weighted by atomic mass is 10.0. The van der Waals surface area contributed by atoms with Gasteiger partial charge in [-0.1, -0.05) is 12.8 Å². The molecule has 0 bridgehead atoms. The SMILES string of the molecule is Cc1sc(-c2nc(C3CCCC3)c(I)c(=O)[nH]2)cc1Br. The zero-order valence-corrected chi connectivity index (χ0v) is 15.6. The minimum absolute atomic E-state index is 0.0142. The van der Waals surface area contributed by atoms with Crippen LogP contribution in [0.25, 0.3) is 10.7 Å². The number of aromatic nitrogens is 2. The molecule has 3 nitrogen and oxygen atoms in total. The van der Waals surface area contributed by atoms with Gasteiger partial charge in [-0.15, -0.1) is 11.3 Å². The zero-order valence-electron chi connectivity index (χ0n) is 11.0. The van der Waals surface area contributed by atoms with Crippen LogP contribution in [0.2, 0.25) is 0 Å². The van der Waals surface area contributed by atoms with Crippen molar-refractivity contribution in [3.8, 4) is 10.7 Å². The maximum Gasteiger partial charge on any atom is 0.264 e. The summed E-state index contributed by atoms with van der Waals surface area (Å²) in [4.78, 5) is 22.1. The fraction of sp³-hybridized carbons (Fsp3) is 0.429. The average molecular weight is 465 g/mol. The molecule has 2 heterocycles. The Morgan fingerprint density at radius 3 is 2.75 bits per heavy atom. The molecule has 0 amide bonds. The van der Waals surface area contributed by atoms with Gasteiger partial charge in [0.2, 0.25) is 0 Å². The van der Waals surface area contributed by atoms with E-state index in [1.807, 2.05) is 6.07 Å². The molecular formula is C14H14BrIN2OS. The lowest BCUT2D eigenvalue weighted by molar-refractivity contribution is 0.688. The van der Waals surface area contributed by atoms with Gasteiger partial charge in [-0.05, 0) is 64.4 Å². The van der Waals surface area contributed by atoms with Gasteiger partial charge in [-0.3, -0.25) is 4.79 Å². The molecule has 0 unspecified atom stereocenters. The van der Waals surface area contributed by atoms with Crippen molar-refractivity contribution < 1.29 is 0 Å². The molecule has 106 valence electrons. The standard InChI is InChI=1S/C14H14BrIN2OS/c1-7-9(15)6-10(20-7)13-17-12(8-4-2-3-5-8)11(16)14(19)18-13/h6,8H,2-5H2,1H3,(H,17,18,19). The predicted molar refractivity (Wildman–Crippen MR) is 94.5 cm³/mol. The molecule has 1 aliphatic carbocycles. The van der Waals surface area contributed by atoms with E-state index in [0.29, 0.717) is 11.7 Å². The molecule has 1 fully saturated rings. The summed E-state index contributed by atoms with van der Waals surface area (Å²) in [6.07, 6.45) is 4.79. The van der Waals surface area contributed by atoms with Crippen LogP contribution in [-0.2, 0) is 0 Å². The summed E-state index contributed by atoms with van der Waals surface area (Å²) in [7, 11) is 0. The number of halogens is 2. The number of nitrogens with zero attached hydrogens (tertiary/aromatic N) is 1. The second kappa shape index (κ2) is 5.88. The molecule has 1 N–H and O–H groups in total. The normalized spacial score (nSPS) is 15.9. The first-order valence-electron chi connectivity index (χ1n) is 6.62. The first kappa shape index (κ1) is 14.7. The lowest BCUT2D eigenvalue weighted by Crippen LogP contribution is -2.17. The van der Waals surface area contributed by atoms with Crippen molar-refractivity contribution >= 4 is 49.9 Å². The Morgan fingerprint density at radius 1 is 1.45 bits per heavy atom. The lowest BCUT2D eigenvalue weighted by Gasteiger charge is -2.11. The van der Waals surface area contributed by atoms with Gasteiger partial charge >= 0.3 is 0 Å². The summed E-state index contributed by atoms with van der Waals surface area (Å²) >= 11 is 7.30. The second-order valence-corrected chi connectivity index (χ2v) is 8.30. The fourth-order valence-electron chi connectivity index (χ4n) is 2.64. The van der Waals surface area contributed by atoms with Crippen molar-refractivity contribution in [1.82, 2.24) is 9.97 Å². The van der Waals surface area contributed by atoms with Crippen molar-refractivity contribution in [1.29, 1.82) is 0 Å². The quantitative estimate of drug-likeness (QED) is 0.647. The van der Waals surface area contributed by atoms with Crippen LogP contribution >= 0.6 is 49.9 Å². The molecule has 0 aromatic carbocycles. The number of aryl methyl sites for hydroxylation is 1. The van der Waals surface area contributed by atoms with Crippen LogP contribution in [0.1, 0.15) is 42.2 Å². The topological polar surface area (TPSA) is 45.8 Å². The number of hydrogen-bond acceptors (Lipinski definition) is 3. The molecule has 0 spiro atoms. The highest BCUT2D eigenvalue weighted by Crippen LogP contribution is 2.36. The van der Waals surface area contributed by atoms with Gasteiger partial charge in [0, 0.05) is 15.3 Å². The molecule has 1 saturated carbocycles. The Balaban J connectivity index is 2.10. The zero-order chi connectivity index (χ0) is 14.3. The third-order valence-electron chi connectivity index (χ3n) is 3.72. The Labute approximate surface area is 143 Å².